The highest BCUT2D eigenvalue weighted by molar-refractivity contribution is 6.32. The fraction of sp³-hybridized carbons (Fsp3) is 0.583. The summed E-state index contributed by atoms with van der Waals surface area (Å²) >= 11 is 11.8. The van der Waals surface area contributed by atoms with E-state index >= 15 is 0 Å². The van der Waals surface area contributed by atoms with Gasteiger partial charge >= 0.3 is 0 Å². The summed E-state index contributed by atoms with van der Waals surface area (Å²) < 4.78 is 0. The standard InChI is InChI=1S/C12H15Cl2NO/c13-10-6-9(7-11(14)15-10)12(8-16)4-2-1-3-5-12/h6-7,16H,1-5,8H2. The van der Waals surface area contributed by atoms with Gasteiger partial charge in [-0.2, -0.15) is 0 Å². The summed E-state index contributed by atoms with van der Waals surface area (Å²) in [4.78, 5) is 3.94. The number of aromatic nitrogens is 1. The minimum atomic E-state index is -0.158. The van der Waals surface area contributed by atoms with E-state index in [1.165, 1.54) is 6.42 Å². The molecule has 0 spiro atoms. The van der Waals surface area contributed by atoms with Crippen molar-refractivity contribution >= 4 is 23.2 Å². The van der Waals surface area contributed by atoms with Crippen LogP contribution in [0.2, 0.25) is 10.3 Å². The van der Waals surface area contributed by atoms with E-state index < -0.39 is 0 Å². The van der Waals surface area contributed by atoms with E-state index in [1.54, 1.807) is 0 Å². The number of aliphatic hydroxyl groups excluding tert-OH is 1. The number of nitrogens with zero attached hydrogens (tertiary/aromatic N) is 1. The van der Waals surface area contributed by atoms with Crippen LogP contribution in [0, 0.1) is 0 Å². The number of hydrogen-bond acceptors (Lipinski definition) is 2. The predicted molar refractivity (Wildman–Crippen MR) is 66.1 cm³/mol. The molecule has 1 aliphatic carbocycles. The Morgan fingerprint density at radius 2 is 1.69 bits per heavy atom. The lowest BCUT2D eigenvalue weighted by Crippen LogP contribution is -2.33. The molecule has 0 amide bonds. The second-order valence-corrected chi connectivity index (χ2v) is 5.27. The molecule has 4 heteroatoms. The van der Waals surface area contributed by atoms with Crippen LogP contribution in [0.4, 0.5) is 0 Å². The highest BCUT2D eigenvalue weighted by Gasteiger charge is 2.33. The third-order valence-corrected chi connectivity index (χ3v) is 3.88. The van der Waals surface area contributed by atoms with Gasteiger partial charge in [-0.15, -0.1) is 0 Å². The molecule has 1 aromatic heterocycles. The molecule has 0 unspecified atom stereocenters. The van der Waals surface area contributed by atoms with Gasteiger partial charge in [0, 0.05) is 5.41 Å². The fourth-order valence-corrected chi connectivity index (χ4v) is 3.00. The molecule has 1 saturated carbocycles. The van der Waals surface area contributed by atoms with E-state index in [2.05, 4.69) is 4.98 Å². The van der Waals surface area contributed by atoms with Crippen LogP contribution in [0.25, 0.3) is 0 Å². The summed E-state index contributed by atoms with van der Waals surface area (Å²) in [6, 6.07) is 3.66. The molecule has 1 N–H and O–H groups in total. The fourth-order valence-electron chi connectivity index (χ4n) is 2.54. The second kappa shape index (κ2) is 4.91. The molecular weight excluding hydrogens is 245 g/mol. The summed E-state index contributed by atoms with van der Waals surface area (Å²) in [6.07, 6.45) is 5.55. The zero-order valence-electron chi connectivity index (χ0n) is 9.05. The SMILES string of the molecule is OCC1(c2cc(Cl)nc(Cl)c2)CCCCC1. The number of halogens is 2. The van der Waals surface area contributed by atoms with Crippen LogP contribution in [-0.4, -0.2) is 16.7 Å². The van der Waals surface area contributed by atoms with Crippen LogP contribution in [0.15, 0.2) is 12.1 Å². The van der Waals surface area contributed by atoms with E-state index in [1.807, 2.05) is 12.1 Å². The first-order valence-electron chi connectivity index (χ1n) is 5.61. The van der Waals surface area contributed by atoms with Crippen LogP contribution >= 0.6 is 23.2 Å². The van der Waals surface area contributed by atoms with Crippen molar-refractivity contribution in [3.05, 3.63) is 28.0 Å². The third-order valence-electron chi connectivity index (χ3n) is 3.49. The molecule has 2 rings (SSSR count). The van der Waals surface area contributed by atoms with Gasteiger partial charge in [-0.25, -0.2) is 4.98 Å². The molecule has 1 aromatic rings. The molecule has 0 aliphatic heterocycles. The van der Waals surface area contributed by atoms with E-state index in [0.29, 0.717) is 10.3 Å². The van der Waals surface area contributed by atoms with Gasteiger partial charge in [-0.1, -0.05) is 42.5 Å². The first-order valence-corrected chi connectivity index (χ1v) is 6.36. The molecule has 1 fully saturated rings. The van der Waals surface area contributed by atoms with Crippen molar-refractivity contribution in [2.45, 2.75) is 37.5 Å². The molecule has 1 aliphatic rings. The Morgan fingerprint density at radius 1 is 1.12 bits per heavy atom. The lowest BCUT2D eigenvalue weighted by molar-refractivity contribution is 0.152. The van der Waals surface area contributed by atoms with Crippen LogP contribution in [0.3, 0.4) is 0 Å². The Morgan fingerprint density at radius 3 is 2.19 bits per heavy atom. The molecule has 16 heavy (non-hydrogen) atoms. The predicted octanol–water partition coefficient (Wildman–Crippen LogP) is 3.58. The number of rotatable bonds is 2. The van der Waals surface area contributed by atoms with Crippen molar-refractivity contribution in [1.29, 1.82) is 0 Å². The van der Waals surface area contributed by atoms with Crippen molar-refractivity contribution in [1.82, 2.24) is 4.98 Å². The zero-order valence-corrected chi connectivity index (χ0v) is 10.6. The van der Waals surface area contributed by atoms with Crippen molar-refractivity contribution < 1.29 is 5.11 Å². The maximum atomic E-state index is 9.67. The monoisotopic (exact) mass is 259 g/mol. The van der Waals surface area contributed by atoms with Gasteiger partial charge in [0.05, 0.1) is 6.61 Å². The summed E-state index contributed by atoms with van der Waals surface area (Å²) in [5, 5.41) is 10.5. The Balaban J connectivity index is 2.38. The molecule has 2 nitrogen and oxygen atoms in total. The summed E-state index contributed by atoms with van der Waals surface area (Å²) in [6.45, 7) is 0.156. The highest BCUT2D eigenvalue weighted by atomic mass is 35.5. The van der Waals surface area contributed by atoms with Crippen molar-refractivity contribution in [2.75, 3.05) is 6.61 Å². The zero-order chi connectivity index (χ0) is 11.6. The maximum Gasteiger partial charge on any atom is 0.131 e. The van der Waals surface area contributed by atoms with E-state index in [-0.39, 0.29) is 12.0 Å². The molecule has 88 valence electrons. The molecule has 0 aromatic carbocycles. The van der Waals surface area contributed by atoms with Gasteiger partial charge in [-0.05, 0) is 30.5 Å². The minimum absolute atomic E-state index is 0.156. The Kier molecular flexibility index (Phi) is 3.73. The van der Waals surface area contributed by atoms with Crippen LogP contribution in [0.5, 0.6) is 0 Å². The van der Waals surface area contributed by atoms with Gasteiger partial charge in [0.1, 0.15) is 10.3 Å². The third kappa shape index (κ3) is 2.34. The Hall–Kier alpha value is -0.310. The number of aliphatic hydroxyl groups is 1. The van der Waals surface area contributed by atoms with Crippen molar-refractivity contribution in [3.8, 4) is 0 Å². The molecular formula is C12H15Cl2NO. The second-order valence-electron chi connectivity index (χ2n) is 4.50. The minimum Gasteiger partial charge on any atom is -0.395 e. The van der Waals surface area contributed by atoms with E-state index in [4.69, 9.17) is 23.2 Å². The molecule has 1 heterocycles. The summed E-state index contributed by atoms with van der Waals surface area (Å²) in [7, 11) is 0. The maximum absolute atomic E-state index is 9.67. The number of pyridine rings is 1. The van der Waals surface area contributed by atoms with E-state index in [0.717, 1.165) is 31.2 Å². The molecule has 0 radical (unpaired) electrons. The van der Waals surface area contributed by atoms with Crippen molar-refractivity contribution in [2.24, 2.45) is 0 Å². The average molecular weight is 260 g/mol. The molecule has 0 saturated heterocycles. The van der Waals surface area contributed by atoms with E-state index in [9.17, 15) is 5.11 Å². The van der Waals surface area contributed by atoms with Gasteiger partial charge in [-0.3, -0.25) is 0 Å². The topological polar surface area (TPSA) is 33.1 Å². The Bertz CT molecular complexity index is 355. The van der Waals surface area contributed by atoms with Gasteiger partial charge in [0.2, 0.25) is 0 Å². The highest BCUT2D eigenvalue weighted by Crippen LogP contribution is 2.40. The van der Waals surface area contributed by atoms with Gasteiger partial charge in [0.15, 0.2) is 0 Å². The first kappa shape index (κ1) is 12.2. The van der Waals surface area contributed by atoms with Crippen LogP contribution in [0.1, 0.15) is 37.7 Å². The smallest absolute Gasteiger partial charge is 0.131 e. The van der Waals surface area contributed by atoms with Gasteiger partial charge < -0.3 is 5.11 Å². The molecule has 0 bridgehead atoms. The van der Waals surface area contributed by atoms with Crippen LogP contribution in [-0.2, 0) is 5.41 Å². The summed E-state index contributed by atoms with van der Waals surface area (Å²) in [5.74, 6) is 0. The Labute approximate surface area is 106 Å². The largest absolute Gasteiger partial charge is 0.395 e. The molecule has 0 atom stereocenters. The van der Waals surface area contributed by atoms with Crippen LogP contribution < -0.4 is 0 Å². The number of hydrogen-bond donors (Lipinski definition) is 1. The normalized spacial score (nSPS) is 19.7. The lowest BCUT2D eigenvalue weighted by atomic mass is 9.70. The van der Waals surface area contributed by atoms with Crippen molar-refractivity contribution in [3.63, 3.8) is 0 Å². The first-order chi connectivity index (χ1) is 7.66. The van der Waals surface area contributed by atoms with Gasteiger partial charge in [0.25, 0.3) is 0 Å². The quantitative estimate of drug-likeness (QED) is 0.824. The average Bonchev–Trinajstić information content (AvgIpc) is 2.28. The summed E-state index contributed by atoms with van der Waals surface area (Å²) in [5.41, 5.74) is 0.869. The lowest BCUT2D eigenvalue weighted by Gasteiger charge is -2.36.